The maximum atomic E-state index is 12.5. The smallest absolute Gasteiger partial charge is 0.306 e. The molecule has 48 heavy (non-hydrogen) atoms. The SMILES string of the molecule is CCCCC/C=C\C/C=C\C/C=C\CCCCCCCCCOCC(COC1OC(CO)C(O)C(O)C1O)OC(=O)CCCCCCC. The minimum Gasteiger partial charge on any atom is -0.457 e. The molecule has 6 unspecified atom stereocenters. The lowest BCUT2D eigenvalue weighted by Gasteiger charge is -2.39. The molecule has 4 N–H and O–H groups in total. The first kappa shape index (κ1) is 44.4. The summed E-state index contributed by atoms with van der Waals surface area (Å²) in [7, 11) is 0. The second kappa shape index (κ2) is 31.4. The van der Waals surface area contributed by atoms with E-state index in [9.17, 15) is 25.2 Å². The fourth-order valence-electron chi connectivity index (χ4n) is 5.50. The van der Waals surface area contributed by atoms with Crippen molar-refractivity contribution >= 4 is 5.97 Å². The fraction of sp³-hybridized carbons (Fsp3) is 0.821. The van der Waals surface area contributed by atoms with E-state index in [0.717, 1.165) is 70.6 Å². The Kier molecular flexibility index (Phi) is 29.1. The highest BCUT2D eigenvalue weighted by Crippen LogP contribution is 2.22. The Labute approximate surface area is 291 Å². The van der Waals surface area contributed by atoms with E-state index in [-0.39, 0.29) is 19.2 Å². The topological polar surface area (TPSA) is 135 Å². The summed E-state index contributed by atoms with van der Waals surface area (Å²) in [6, 6.07) is 0. The molecule has 0 amide bonds. The van der Waals surface area contributed by atoms with E-state index in [4.69, 9.17) is 18.9 Å². The molecule has 0 radical (unpaired) electrons. The third-order valence-electron chi connectivity index (χ3n) is 8.56. The Bertz CT molecular complexity index is 828. The van der Waals surface area contributed by atoms with Gasteiger partial charge in [-0.25, -0.2) is 0 Å². The second-order valence-corrected chi connectivity index (χ2v) is 13.0. The number of aliphatic hydroxyl groups is 4. The van der Waals surface area contributed by atoms with Crippen molar-refractivity contribution < 1.29 is 44.2 Å². The molecule has 0 bridgehead atoms. The molecular formula is C39H70O9. The zero-order chi connectivity index (χ0) is 35.1. The third kappa shape index (κ3) is 22.9. The third-order valence-corrected chi connectivity index (χ3v) is 8.56. The summed E-state index contributed by atoms with van der Waals surface area (Å²) in [6.07, 6.45) is 27.8. The van der Waals surface area contributed by atoms with Gasteiger partial charge in [-0.2, -0.15) is 0 Å². The van der Waals surface area contributed by atoms with E-state index >= 15 is 0 Å². The molecule has 1 fully saturated rings. The second-order valence-electron chi connectivity index (χ2n) is 13.0. The van der Waals surface area contributed by atoms with Crippen molar-refractivity contribution in [3.05, 3.63) is 36.5 Å². The zero-order valence-electron chi connectivity index (χ0n) is 30.2. The maximum absolute atomic E-state index is 12.5. The van der Waals surface area contributed by atoms with Gasteiger partial charge in [0.25, 0.3) is 0 Å². The number of allylic oxidation sites excluding steroid dienone is 6. The summed E-state index contributed by atoms with van der Waals surface area (Å²) >= 11 is 0. The van der Waals surface area contributed by atoms with E-state index in [2.05, 4.69) is 50.3 Å². The fourth-order valence-corrected chi connectivity index (χ4v) is 5.50. The lowest BCUT2D eigenvalue weighted by molar-refractivity contribution is -0.305. The van der Waals surface area contributed by atoms with E-state index in [0.29, 0.717) is 13.0 Å². The number of hydrogen-bond donors (Lipinski definition) is 4. The molecule has 0 saturated carbocycles. The van der Waals surface area contributed by atoms with E-state index in [1.807, 2.05) is 0 Å². The van der Waals surface area contributed by atoms with E-state index in [1.54, 1.807) is 0 Å². The van der Waals surface area contributed by atoms with Gasteiger partial charge >= 0.3 is 5.97 Å². The average Bonchev–Trinajstić information content (AvgIpc) is 3.08. The van der Waals surface area contributed by atoms with Gasteiger partial charge in [-0.1, -0.05) is 121 Å². The van der Waals surface area contributed by atoms with Crippen LogP contribution in [-0.2, 0) is 23.7 Å². The predicted molar refractivity (Wildman–Crippen MR) is 192 cm³/mol. The molecule has 1 rings (SSSR count). The largest absolute Gasteiger partial charge is 0.457 e. The van der Waals surface area contributed by atoms with E-state index < -0.39 is 43.4 Å². The summed E-state index contributed by atoms with van der Waals surface area (Å²) in [6.45, 7) is 4.40. The Morgan fingerprint density at radius 3 is 1.85 bits per heavy atom. The van der Waals surface area contributed by atoms with Gasteiger partial charge in [0, 0.05) is 13.0 Å². The number of unbranched alkanes of at least 4 members (excludes halogenated alkanes) is 14. The van der Waals surface area contributed by atoms with Crippen molar-refractivity contribution in [1.29, 1.82) is 0 Å². The van der Waals surface area contributed by atoms with Crippen LogP contribution >= 0.6 is 0 Å². The molecule has 6 atom stereocenters. The van der Waals surface area contributed by atoms with Gasteiger partial charge in [-0.3, -0.25) is 4.79 Å². The number of aliphatic hydroxyl groups excluding tert-OH is 4. The summed E-state index contributed by atoms with van der Waals surface area (Å²) in [4.78, 5) is 12.5. The van der Waals surface area contributed by atoms with Gasteiger partial charge in [0.15, 0.2) is 6.29 Å². The average molecular weight is 683 g/mol. The minimum atomic E-state index is -1.53. The number of hydrogen-bond acceptors (Lipinski definition) is 9. The predicted octanol–water partition coefficient (Wildman–Crippen LogP) is 7.24. The van der Waals surface area contributed by atoms with E-state index in [1.165, 1.54) is 51.4 Å². The molecule has 1 heterocycles. The number of carbonyl (C=O) groups is 1. The lowest BCUT2D eigenvalue weighted by Crippen LogP contribution is -2.59. The Morgan fingerprint density at radius 1 is 0.667 bits per heavy atom. The monoisotopic (exact) mass is 683 g/mol. The highest BCUT2D eigenvalue weighted by atomic mass is 16.7. The molecule has 9 heteroatoms. The van der Waals surface area contributed by atoms with Crippen molar-refractivity contribution in [2.75, 3.05) is 26.4 Å². The molecule has 1 aliphatic rings. The van der Waals surface area contributed by atoms with Crippen LogP contribution in [-0.4, -0.2) is 89.6 Å². The van der Waals surface area contributed by atoms with Crippen LogP contribution in [0.15, 0.2) is 36.5 Å². The van der Waals surface area contributed by atoms with Crippen molar-refractivity contribution in [2.24, 2.45) is 0 Å². The summed E-state index contributed by atoms with van der Waals surface area (Å²) in [5.74, 6) is -0.332. The zero-order valence-corrected chi connectivity index (χ0v) is 30.2. The van der Waals surface area contributed by atoms with Crippen LogP contribution < -0.4 is 0 Å². The standard InChI is InChI=1S/C39H70O9/c1-3-5-7-9-10-11-12-13-14-15-16-17-18-19-20-21-22-23-25-27-29-45-31-33(47-35(41)28-26-24-8-6-4-2)32-46-39-38(44)37(43)36(42)34(30-40)48-39/h10-11,13-14,16-17,33-34,36-40,42-44H,3-9,12,15,18-32H2,1-2H3/b11-10-,14-13-,17-16-. The van der Waals surface area contributed by atoms with Crippen molar-refractivity contribution in [3.8, 4) is 0 Å². The van der Waals surface area contributed by atoms with Gasteiger partial charge < -0.3 is 39.4 Å². The Balaban J connectivity index is 2.21. The normalized spacial score (nSPS) is 22.3. The molecule has 0 aromatic heterocycles. The van der Waals surface area contributed by atoms with Gasteiger partial charge in [0.2, 0.25) is 0 Å². The van der Waals surface area contributed by atoms with Crippen LogP contribution in [0, 0.1) is 0 Å². The Hall–Kier alpha value is -1.59. The highest BCUT2D eigenvalue weighted by molar-refractivity contribution is 5.69. The first-order valence-electron chi connectivity index (χ1n) is 19.1. The molecule has 0 aliphatic carbocycles. The summed E-state index contributed by atoms with van der Waals surface area (Å²) in [5.41, 5.74) is 0. The lowest BCUT2D eigenvalue weighted by atomic mass is 9.99. The summed E-state index contributed by atoms with van der Waals surface area (Å²) in [5, 5.41) is 39.8. The van der Waals surface area contributed by atoms with Crippen molar-refractivity contribution in [3.63, 3.8) is 0 Å². The molecule has 0 spiro atoms. The number of rotatable bonds is 31. The quantitative estimate of drug-likeness (QED) is 0.0339. The van der Waals surface area contributed by atoms with Crippen LogP contribution in [0.25, 0.3) is 0 Å². The number of ether oxygens (including phenoxy) is 4. The van der Waals surface area contributed by atoms with Crippen LogP contribution in [0.5, 0.6) is 0 Å². The van der Waals surface area contributed by atoms with Crippen LogP contribution in [0.1, 0.15) is 142 Å². The van der Waals surface area contributed by atoms with Gasteiger partial charge in [0.1, 0.15) is 30.5 Å². The molecule has 0 aromatic rings. The molecule has 1 aliphatic heterocycles. The molecule has 280 valence electrons. The number of carbonyl (C=O) groups excluding carboxylic acids is 1. The first-order valence-corrected chi connectivity index (χ1v) is 19.1. The van der Waals surface area contributed by atoms with Gasteiger partial charge in [0.05, 0.1) is 19.8 Å². The van der Waals surface area contributed by atoms with Crippen LogP contribution in [0.4, 0.5) is 0 Å². The molecular weight excluding hydrogens is 612 g/mol. The van der Waals surface area contributed by atoms with Gasteiger partial charge in [-0.05, 0) is 51.4 Å². The van der Waals surface area contributed by atoms with Crippen LogP contribution in [0.3, 0.4) is 0 Å². The Morgan fingerprint density at radius 2 is 1.21 bits per heavy atom. The molecule has 0 aromatic carbocycles. The first-order chi connectivity index (χ1) is 23.4. The minimum absolute atomic E-state index is 0.118. The van der Waals surface area contributed by atoms with Crippen molar-refractivity contribution in [1.82, 2.24) is 0 Å². The summed E-state index contributed by atoms with van der Waals surface area (Å²) < 4.78 is 22.5. The number of esters is 1. The van der Waals surface area contributed by atoms with Gasteiger partial charge in [-0.15, -0.1) is 0 Å². The highest BCUT2D eigenvalue weighted by Gasteiger charge is 2.44. The molecule has 9 nitrogen and oxygen atoms in total. The van der Waals surface area contributed by atoms with Crippen molar-refractivity contribution in [2.45, 2.75) is 179 Å². The molecule has 1 saturated heterocycles. The van der Waals surface area contributed by atoms with Crippen LogP contribution in [0.2, 0.25) is 0 Å². The maximum Gasteiger partial charge on any atom is 0.306 e.